The Labute approximate surface area is 386 Å². The molecule has 0 aromatic rings. The van der Waals surface area contributed by atoms with Crippen LogP contribution in [0.4, 0.5) is 0 Å². The van der Waals surface area contributed by atoms with Gasteiger partial charge < -0.3 is 19.8 Å². The topological polar surface area (TPSA) is 105 Å². The Morgan fingerprint density at radius 1 is 0.532 bits per heavy atom. The molecule has 3 unspecified atom stereocenters. The van der Waals surface area contributed by atoms with Crippen LogP contribution in [0.1, 0.15) is 271 Å². The number of nitrogens with zero attached hydrogens (tertiary/aromatic N) is 1. The van der Waals surface area contributed by atoms with Gasteiger partial charge in [-0.05, 0) is 38.5 Å². The second kappa shape index (κ2) is 45.4. The van der Waals surface area contributed by atoms with Gasteiger partial charge in [0.2, 0.25) is 5.91 Å². The highest BCUT2D eigenvalue weighted by Crippen LogP contribution is 2.43. The van der Waals surface area contributed by atoms with E-state index in [1.165, 1.54) is 205 Å². The highest BCUT2D eigenvalue weighted by Gasteiger charge is 2.28. The normalized spacial score (nSPS) is 14.1. The molecule has 0 aliphatic heterocycles. The van der Waals surface area contributed by atoms with Crippen LogP contribution in [0.25, 0.3) is 0 Å². The van der Waals surface area contributed by atoms with E-state index in [1.54, 1.807) is 0 Å². The minimum Gasteiger partial charge on any atom is -0.391 e. The molecule has 62 heavy (non-hydrogen) atoms. The summed E-state index contributed by atoms with van der Waals surface area (Å²) in [6.45, 7) is 4.74. The van der Waals surface area contributed by atoms with E-state index in [0.29, 0.717) is 23.9 Å². The molecule has 0 aliphatic carbocycles. The van der Waals surface area contributed by atoms with Gasteiger partial charge in [0.15, 0.2) is 0 Å². The number of phosphoric ester groups is 1. The Morgan fingerprint density at radius 3 is 1.24 bits per heavy atom. The molecule has 0 aromatic heterocycles. The highest BCUT2D eigenvalue weighted by atomic mass is 31.2. The fourth-order valence-corrected chi connectivity index (χ4v) is 8.96. The Kier molecular flexibility index (Phi) is 44.8. The number of carbonyl (C=O) groups is 1. The molecule has 8 nitrogen and oxygen atoms in total. The van der Waals surface area contributed by atoms with Gasteiger partial charge in [0.1, 0.15) is 13.2 Å². The first-order valence-electron chi connectivity index (χ1n) is 27.1. The molecule has 0 aliphatic rings. The zero-order chi connectivity index (χ0) is 45.7. The molecule has 0 saturated carbocycles. The first-order chi connectivity index (χ1) is 30.0. The number of rotatable bonds is 50. The van der Waals surface area contributed by atoms with Gasteiger partial charge >= 0.3 is 7.82 Å². The summed E-state index contributed by atoms with van der Waals surface area (Å²) in [5.74, 6) is -0.151. The maximum atomic E-state index is 12.7. The second-order valence-corrected chi connectivity index (χ2v) is 21.4. The van der Waals surface area contributed by atoms with Crippen molar-refractivity contribution in [3.8, 4) is 0 Å². The third-order valence-corrected chi connectivity index (χ3v) is 13.5. The third-order valence-electron chi connectivity index (χ3n) is 12.5. The van der Waals surface area contributed by atoms with Gasteiger partial charge in [-0.1, -0.05) is 238 Å². The number of aliphatic hydroxyl groups is 1. The van der Waals surface area contributed by atoms with E-state index in [1.807, 2.05) is 21.1 Å². The molecule has 0 bridgehead atoms. The molecule has 3 N–H and O–H groups in total. The lowest BCUT2D eigenvalue weighted by Gasteiger charge is -2.26. The predicted molar refractivity (Wildman–Crippen MR) is 268 cm³/mol. The van der Waals surface area contributed by atoms with Crippen LogP contribution in [0.3, 0.4) is 0 Å². The number of hydrogen-bond donors (Lipinski definition) is 3. The molecule has 370 valence electrons. The van der Waals surface area contributed by atoms with Crippen LogP contribution in [0.5, 0.6) is 0 Å². The van der Waals surface area contributed by atoms with Crippen LogP contribution in [-0.4, -0.2) is 73.4 Å². The van der Waals surface area contributed by atoms with Crippen molar-refractivity contribution in [2.75, 3.05) is 40.9 Å². The Bertz CT molecular complexity index is 1020. The van der Waals surface area contributed by atoms with Crippen molar-refractivity contribution in [2.24, 2.45) is 0 Å². The van der Waals surface area contributed by atoms with Gasteiger partial charge in [-0.25, -0.2) is 4.57 Å². The summed E-state index contributed by atoms with van der Waals surface area (Å²) in [6, 6.07) is -0.751. The molecule has 9 heteroatoms. The van der Waals surface area contributed by atoms with Crippen LogP contribution >= 0.6 is 7.82 Å². The molecule has 0 fully saturated rings. The quantitative estimate of drug-likeness (QED) is 0.0243. The minimum absolute atomic E-state index is 0.0758. The van der Waals surface area contributed by atoms with Crippen molar-refractivity contribution in [2.45, 2.75) is 283 Å². The zero-order valence-electron chi connectivity index (χ0n) is 42.1. The molecular formula is C53H108N2O6P+. The smallest absolute Gasteiger partial charge is 0.391 e. The molecular weight excluding hydrogens is 792 g/mol. The van der Waals surface area contributed by atoms with Gasteiger partial charge in [-0.3, -0.25) is 13.8 Å². The average Bonchev–Trinajstić information content (AvgIpc) is 3.23. The fraction of sp³-hybridized carbons (Fsp3) is 0.943. The molecule has 0 radical (unpaired) electrons. The number of unbranched alkanes of at least 4 members (excludes halogenated alkanes) is 35. The predicted octanol–water partition coefficient (Wildman–Crippen LogP) is 15.9. The summed E-state index contributed by atoms with van der Waals surface area (Å²) in [6.07, 6.45) is 55.3. The first-order valence-corrected chi connectivity index (χ1v) is 28.5. The average molecular weight is 900 g/mol. The summed E-state index contributed by atoms with van der Waals surface area (Å²) in [4.78, 5) is 22.9. The van der Waals surface area contributed by atoms with Crippen LogP contribution in [0.15, 0.2) is 12.2 Å². The summed E-state index contributed by atoms with van der Waals surface area (Å²) in [5, 5.41) is 13.6. The molecule has 0 spiro atoms. The molecule has 0 rings (SSSR count). The van der Waals surface area contributed by atoms with Gasteiger partial charge in [-0.2, -0.15) is 0 Å². The lowest BCUT2D eigenvalue weighted by Crippen LogP contribution is -2.46. The van der Waals surface area contributed by atoms with E-state index < -0.39 is 20.0 Å². The number of likely N-dealkylation sites (N-methyl/N-ethyl adjacent to an activating group) is 1. The fourth-order valence-electron chi connectivity index (χ4n) is 8.22. The van der Waals surface area contributed by atoms with Gasteiger partial charge in [0.25, 0.3) is 0 Å². The summed E-state index contributed by atoms with van der Waals surface area (Å²) >= 11 is 0. The monoisotopic (exact) mass is 900 g/mol. The van der Waals surface area contributed by atoms with E-state index in [2.05, 4.69) is 31.3 Å². The van der Waals surface area contributed by atoms with Crippen molar-refractivity contribution in [3.63, 3.8) is 0 Å². The van der Waals surface area contributed by atoms with Crippen molar-refractivity contribution in [1.29, 1.82) is 0 Å². The number of allylic oxidation sites excluding steroid dienone is 2. The van der Waals surface area contributed by atoms with E-state index in [4.69, 9.17) is 9.05 Å². The maximum Gasteiger partial charge on any atom is 0.472 e. The number of hydrogen-bond acceptors (Lipinski definition) is 5. The van der Waals surface area contributed by atoms with Crippen LogP contribution in [-0.2, 0) is 18.4 Å². The number of aliphatic hydroxyl groups excluding tert-OH is 1. The van der Waals surface area contributed by atoms with E-state index in [-0.39, 0.29) is 19.1 Å². The maximum absolute atomic E-state index is 12.7. The van der Waals surface area contributed by atoms with Crippen LogP contribution in [0, 0.1) is 0 Å². The lowest BCUT2D eigenvalue weighted by molar-refractivity contribution is -0.870. The van der Waals surface area contributed by atoms with Gasteiger partial charge in [-0.15, -0.1) is 0 Å². The number of phosphoric acid groups is 1. The van der Waals surface area contributed by atoms with Crippen LogP contribution < -0.4 is 5.32 Å². The van der Waals surface area contributed by atoms with E-state index >= 15 is 0 Å². The van der Waals surface area contributed by atoms with Crippen molar-refractivity contribution in [1.82, 2.24) is 5.32 Å². The lowest BCUT2D eigenvalue weighted by atomic mass is 10.0. The Hall–Kier alpha value is -0.760. The Morgan fingerprint density at radius 2 is 0.871 bits per heavy atom. The summed E-state index contributed by atoms with van der Waals surface area (Å²) < 4.78 is 23.3. The SMILES string of the molecule is CCCCCCCCCC/C=C\CCCCCCCCCCCCCCCCCCCCCCCCCCCC(=O)NC(COP(=O)(O)OCC[N+](C)(C)C)C(O)CCCCC. The third kappa shape index (κ3) is 47.2. The van der Waals surface area contributed by atoms with Gasteiger partial charge in [0.05, 0.1) is 39.9 Å². The summed E-state index contributed by atoms with van der Waals surface area (Å²) in [7, 11) is 1.62. The van der Waals surface area contributed by atoms with Gasteiger partial charge in [0, 0.05) is 6.42 Å². The number of quaternary nitrogens is 1. The van der Waals surface area contributed by atoms with E-state index in [9.17, 15) is 19.4 Å². The number of amides is 1. The zero-order valence-corrected chi connectivity index (χ0v) is 43.0. The standard InChI is InChI=1S/C53H107N2O6P/c1-6-8-10-11-12-13-14-15-16-17-18-19-20-21-22-23-24-25-26-27-28-29-30-31-32-33-34-35-36-37-38-39-40-41-42-43-45-47-53(57)54-51(52(56)46-44-9-7-2)50-61-62(58,59)60-49-48-55(3,4)5/h17-18,51-52,56H,6-16,19-50H2,1-5H3,(H-,54,57,58,59)/p+1/b18-17-. The summed E-state index contributed by atoms with van der Waals surface area (Å²) in [5.41, 5.74) is 0. The molecule has 1 amide bonds. The van der Waals surface area contributed by atoms with Crippen molar-refractivity contribution < 1.29 is 32.9 Å². The van der Waals surface area contributed by atoms with E-state index in [0.717, 1.165) is 38.5 Å². The minimum atomic E-state index is -4.29. The Balaban J connectivity index is 3.59. The molecule has 0 heterocycles. The molecule has 0 aromatic carbocycles. The van der Waals surface area contributed by atoms with Crippen molar-refractivity contribution >= 4 is 13.7 Å². The largest absolute Gasteiger partial charge is 0.472 e. The molecule has 0 saturated heterocycles. The second-order valence-electron chi connectivity index (χ2n) is 20.0. The van der Waals surface area contributed by atoms with Crippen molar-refractivity contribution in [3.05, 3.63) is 12.2 Å². The molecule has 3 atom stereocenters. The van der Waals surface area contributed by atoms with Crippen LogP contribution in [0.2, 0.25) is 0 Å². The first kappa shape index (κ1) is 61.2. The highest BCUT2D eigenvalue weighted by molar-refractivity contribution is 7.47. The number of nitrogens with one attached hydrogen (secondary N) is 1. The number of carbonyl (C=O) groups excluding carboxylic acids is 1.